The lowest BCUT2D eigenvalue weighted by Crippen LogP contribution is -2.46. The van der Waals surface area contributed by atoms with Crippen molar-refractivity contribution in [3.8, 4) is 0 Å². The van der Waals surface area contributed by atoms with Gasteiger partial charge < -0.3 is 9.72 Å². The number of H-pyrrole nitrogens is 1. The van der Waals surface area contributed by atoms with Gasteiger partial charge in [0.05, 0.1) is 18.8 Å². The topological polar surface area (TPSA) is 45.3 Å². The first kappa shape index (κ1) is 16.9. The first-order valence-corrected chi connectivity index (χ1v) is 8.85. The summed E-state index contributed by atoms with van der Waals surface area (Å²) in [5, 5.41) is 0.952. The molecule has 0 amide bonds. The van der Waals surface area contributed by atoms with Crippen LogP contribution in [0.1, 0.15) is 28.9 Å². The molecular weight excluding hydrogens is 331 g/mol. The molecule has 1 aliphatic rings. The molecule has 2 heterocycles. The Hall–Kier alpha value is -2.50. The van der Waals surface area contributed by atoms with E-state index < -0.39 is 0 Å². The molecular formula is C21H21FN2O2. The molecule has 1 aromatic heterocycles. The highest BCUT2D eigenvalue weighted by atomic mass is 19.1. The van der Waals surface area contributed by atoms with E-state index in [1.807, 2.05) is 31.2 Å². The second kappa shape index (κ2) is 7.02. The highest BCUT2D eigenvalue weighted by Gasteiger charge is 2.30. The summed E-state index contributed by atoms with van der Waals surface area (Å²) < 4.78 is 19.0. The third-order valence-corrected chi connectivity index (χ3v) is 5.12. The summed E-state index contributed by atoms with van der Waals surface area (Å²) in [6.45, 7) is 3.80. The first-order chi connectivity index (χ1) is 12.6. The maximum absolute atomic E-state index is 13.2. The third kappa shape index (κ3) is 3.16. The Balaban J connectivity index is 1.52. The lowest BCUT2D eigenvalue weighted by atomic mass is 10.0. The Kier molecular flexibility index (Phi) is 4.57. The van der Waals surface area contributed by atoms with Crippen molar-refractivity contribution in [1.29, 1.82) is 0 Å². The van der Waals surface area contributed by atoms with Crippen LogP contribution in [0.25, 0.3) is 10.9 Å². The van der Waals surface area contributed by atoms with Crippen molar-refractivity contribution in [2.75, 3.05) is 19.7 Å². The zero-order valence-corrected chi connectivity index (χ0v) is 14.6. The normalized spacial score (nSPS) is 19.5. The highest BCUT2D eigenvalue weighted by molar-refractivity contribution is 6.10. The second-order valence-electron chi connectivity index (χ2n) is 6.69. The van der Waals surface area contributed by atoms with E-state index in [2.05, 4.69) is 9.88 Å². The molecule has 0 bridgehead atoms. The van der Waals surface area contributed by atoms with Gasteiger partial charge in [0.25, 0.3) is 0 Å². The largest absolute Gasteiger partial charge is 0.371 e. The molecule has 5 heteroatoms. The fourth-order valence-electron chi connectivity index (χ4n) is 3.57. The Morgan fingerprint density at radius 1 is 1.23 bits per heavy atom. The van der Waals surface area contributed by atoms with E-state index in [4.69, 9.17) is 4.74 Å². The fourth-order valence-corrected chi connectivity index (χ4v) is 3.57. The van der Waals surface area contributed by atoms with Gasteiger partial charge in [0.15, 0.2) is 5.78 Å². The van der Waals surface area contributed by atoms with Gasteiger partial charge in [-0.3, -0.25) is 9.69 Å². The van der Waals surface area contributed by atoms with Crippen LogP contribution in [-0.4, -0.2) is 41.4 Å². The van der Waals surface area contributed by atoms with Gasteiger partial charge in [0.1, 0.15) is 5.82 Å². The zero-order valence-electron chi connectivity index (χ0n) is 14.6. The summed E-state index contributed by atoms with van der Waals surface area (Å²) in [6.07, 6.45) is 1.64. The number of nitrogens with zero attached hydrogens (tertiary/aromatic N) is 1. The molecule has 1 aliphatic heterocycles. The number of hydrogen-bond acceptors (Lipinski definition) is 3. The van der Waals surface area contributed by atoms with Gasteiger partial charge in [-0.15, -0.1) is 0 Å². The van der Waals surface area contributed by atoms with Gasteiger partial charge in [-0.2, -0.15) is 0 Å². The molecule has 1 saturated heterocycles. The van der Waals surface area contributed by atoms with Crippen molar-refractivity contribution in [3.63, 3.8) is 0 Å². The Bertz CT molecular complexity index is 919. The van der Waals surface area contributed by atoms with E-state index in [-0.39, 0.29) is 23.7 Å². The molecule has 134 valence electrons. The molecule has 0 saturated carbocycles. The van der Waals surface area contributed by atoms with E-state index in [1.54, 1.807) is 18.3 Å². The number of nitrogens with one attached hydrogen (secondary N) is 1. The fraction of sp³-hybridized carbons (Fsp3) is 0.286. The maximum Gasteiger partial charge on any atom is 0.181 e. The SMILES string of the molecule is C[C@H](C(=O)c1c[nH]c2ccccc12)N1CCO[C@@H](c2ccc(F)cc2)C1. The first-order valence-electron chi connectivity index (χ1n) is 8.85. The van der Waals surface area contributed by atoms with Crippen LogP contribution < -0.4 is 0 Å². The molecule has 4 rings (SSSR count). The minimum Gasteiger partial charge on any atom is -0.371 e. The lowest BCUT2D eigenvalue weighted by molar-refractivity contribution is -0.0387. The minimum absolute atomic E-state index is 0.0993. The number of carbonyl (C=O) groups excluding carboxylic acids is 1. The quantitative estimate of drug-likeness (QED) is 0.723. The summed E-state index contributed by atoms with van der Waals surface area (Å²) in [4.78, 5) is 18.4. The molecule has 0 unspecified atom stereocenters. The molecule has 26 heavy (non-hydrogen) atoms. The van der Waals surface area contributed by atoms with E-state index >= 15 is 0 Å². The van der Waals surface area contributed by atoms with E-state index in [9.17, 15) is 9.18 Å². The number of hydrogen-bond donors (Lipinski definition) is 1. The molecule has 1 fully saturated rings. The molecule has 0 aliphatic carbocycles. The smallest absolute Gasteiger partial charge is 0.181 e. The average Bonchev–Trinajstić information content (AvgIpc) is 3.11. The van der Waals surface area contributed by atoms with Crippen molar-refractivity contribution in [2.45, 2.75) is 19.1 Å². The van der Waals surface area contributed by atoms with Gasteiger partial charge in [-0.05, 0) is 30.7 Å². The van der Waals surface area contributed by atoms with Gasteiger partial charge in [0.2, 0.25) is 0 Å². The van der Waals surface area contributed by atoms with Crippen molar-refractivity contribution in [3.05, 3.63) is 71.7 Å². The van der Waals surface area contributed by atoms with Crippen LogP contribution in [0.3, 0.4) is 0 Å². The van der Waals surface area contributed by atoms with Crippen LogP contribution in [-0.2, 0) is 4.74 Å². The molecule has 2 atom stereocenters. The summed E-state index contributed by atoms with van der Waals surface area (Å²) in [5.74, 6) is -0.161. The average molecular weight is 352 g/mol. The highest BCUT2D eigenvalue weighted by Crippen LogP contribution is 2.26. The predicted octanol–water partition coefficient (Wildman–Crippen LogP) is 3.95. The Morgan fingerprint density at radius 2 is 2.00 bits per heavy atom. The Labute approximate surface area is 151 Å². The Morgan fingerprint density at radius 3 is 2.81 bits per heavy atom. The number of fused-ring (bicyclic) bond motifs is 1. The number of ketones is 1. The molecule has 1 N–H and O–H groups in total. The van der Waals surface area contributed by atoms with Gasteiger partial charge >= 0.3 is 0 Å². The van der Waals surface area contributed by atoms with Crippen LogP contribution >= 0.6 is 0 Å². The number of benzene rings is 2. The van der Waals surface area contributed by atoms with Crippen LogP contribution in [0.5, 0.6) is 0 Å². The van der Waals surface area contributed by atoms with Crippen molar-refractivity contribution in [2.24, 2.45) is 0 Å². The number of aromatic nitrogens is 1. The van der Waals surface area contributed by atoms with Gasteiger partial charge in [-0.25, -0.2) is 4.39 Å². The summed E-state index contributed by atoms with van der Waals surface area (Å²) in [6, 6.07) is 14.0. The number of aromatic amines is 1. The van der Waals surface area contributed by atoms with Crippen molar-refractivity contribution < 1.29 is 13.9 Å². The van der Waals surface area contributed by atoms with E-state index in [1.165, 1.54) is 12.1 Å². The molecule has 0 radical (unpaired) electrons. The number of para-hydroxylation sites is 1. The number of halogens is 1. The number of ether oxygens (including phenoxy) is 1. The summed E-state index contributed by atoms with van der Waals surface area (Å²) in [5.41, 5.74) is 2.62. The van der Waals surface area contributed by atoms with E-state index in [0.717, 1.165) is 22.0 Å². The molecule has 4 nitrogen and oxygen atoms in total. The number of rotatable bonds is 4. The van der Waals surface area contributed by atoms with Crippen LogP contribution in [0.2, 0.25) is 0 Å². The van der Waals surface area contributed by atoms with Crippen molar-refractivity contribution >= 4 is 16.7 Å². The predicted molar refractivity (Wildman–Crippen MR) is 98.8 cm³/mol. The lowest BCUT2D eigenvalue weighted by Gasteiger charge is -2.36. The maximum atomic E-state index is 13.2. The van der Waals surface area contributed by atoms with Gasteiger partial charge in [-0.1, -0.05) is 30.3 Å². The van der Waals surface area contributed by atoms with Gasteiger partial charge in [0, 0.05) is 35.8 Å². The second-order valence-corrected chi connectivity index (χ2v) is 6.69. The zero-order chi connectivity index (χ0) is 18.1. The van der Waals surface area contributed by atoms with Crippen LogP contribution in [0.4, 0.5) is 4.39 Å². The number of carbonyl (C=O) groups is 1. The van der Waals surface area contributed by atoms with Crippen molar-refractivity contribution in [1.82, 2.24) is 9.88 Å². The molecule has 0 spiro atoms. The monoisotopic (exact) mass is 352 g/mol. The number of morpholine rings is 1. The molecule has 3 aromatic rings. The summed E-state index contributed by atoms with van der Waals surface area (Å²) >= 11 is 0. The molecule has 2 aromatic carbocycles. The standard InChI is InChI=1S/C21H21FN2O2/c1-14(21(25)18-12-23-19-5-3-2-4-17(18)19)24-10-11-26-20(13-24)15-6-8-16(22)9-7-15/h2-9,12,14,20,23H,10-11,13H2,1H3/t14-,20-/m1/s1. The van der Waals surface area contributed by atoms with Crippen LogP contribution in [0, 0.1) is 5.82 Å². The third-order valence-electron chi connectivity index (χ3n) is 5.12. The minimum atomic E-state index is -0.260. The summed E-state index contributed by atoms with van der Waals surface area (Å²) in [7, 11) is 0. The van der Waals surface area contributed by atoms with Crippen LogP contribution in [0.15, 0.2) is 54.7 Å². The number of Topliss-reactive ketones (excluding diaryl/α,β-unsaturated/α-hetero) is 1. The van der Waals surface area contributed by atoms with E-state index in [0.29, 0.717) is 19.7 Å².